The Hall–Kier alpha value is -3.93. The first-order valence-corrected chi connectivity index (χ1v) is 64.4. The molecule has 2 aliphatic heterocycles. The quantitative estimate of drug-likeness (QED) is 0.0223. The molecule has 4 unspecified atom stereocenters. The van der Waals surface area contributed by atoms with Gasteiger partial charge in [-0.1, -0.05) is 602 Å². The van der Waals surface area contributed by atoms with E-state index in [-0.39, 0.29) is 41.2 Å². The van der Waals surface area contributed by atoms with Gasteiger partial charge in [0.2, 0.25) is 12.6 Å². The second kappa shape index (κ2) is 96.4. The number of aliphatic hydroxyl groups excluding tert-OH is 3. The van der Waals surface area contributed by atoms with Crippen molar-refractivity contribution in [3.63, 3.8) is 0 Å². The van der Waals surface area contributed by atoms with Crippen molar-refractivity contribution in [2.75, 3.05) is 13.2 Å². The molecule has 2 saturated heterocycles. The van der Waals surface area contributed by atoms with E-state index in [1.165, 1.54) is 411 Å². The average molecular weight is 2090 g/mol. The molecular formula is C132H244O16. The van der Waals surface area contributed by atoms with Gasteiger partial charge in [-0.05, 0) is 107 Å². The second-order valence-electron chi connectivity index (χ2n) is 48.2. The number of ether oxygens (including phenoxy) is 8. The van der Waals surface area contributed by atoms with Crippen LogP contribution in [0.4, 0.5) is 0 Å². The van der Waals surface area contributed by atoms with Crippen LogP contribution in [-0.4, -0.2) is 120 Å². The number of hydrogen-bond donors (Lipinski definition) is 3. The first kappa shape index (κ1) is 140. The Balaban J connectivity index is 2.71. The third-order valence-corrected chi connectivity index (χ3v) is 32.3. The van der Waals surface area contributed by atoms with Gasteiger partial charge in [-0.2, -0.15) is 0 Å². The predicted octanol–water partition coefficient (Wildman–Crippen LogP) is 38.3. The number of aliphatic hydroxyl groups is 3. The highest BCUT2D eigenvalue weighted by molar-refractivity contribution is 5.89. The summed E-state index contributed by atoms with van der Waals surface area (Å²) in [4.78, 5) is 74.1. The van der Waals surface area contributed by atoms with E-state index in [1.807, 2.05) is 24.3 Å². The maximum absolute atomic E-state index is 15.1. The number of rotatable bonds is 103. The topological polar surface area (TPSA) is 220 Å². The van der Waals surface area contributed by atoms with Crippen molar-refractivity contribution < 1.29 is 77.2 Å². The summed E-state index contributed by atoms with van der Waals surface area (Å²) in [6.07, 6.45) is 90.8. The zero-order chi connectivity index (χ0) is 108. The highest BCUT2D eigenvalue weighted by Gasteiger charge is 2.56. The van der Waals surface area contributed by atoms with Crippen LogP contribution in [0.5, 0.6) is 0 Å². The summed E-state index contributed by atoms with van der Waals surface area (Å²) in [6.45, 7) is 34.2. The molecule has 0 amide bonds. The van der Waals surface area contributed by atoms with Crippen LogP contribution in [0.1, 0.15) is 644 Å². The number of carbonyl (C=O) groups excluding carboxylic acids is 5. The third kappa shape index (κ3) is 75.1. The van der Waals surface area contributed by atoms with Gasteiger partial charge in [0.1, 0.15) is 31.0 Å². The van der Waals surface area contributed by atoms with E-state index in [2.05, 4.69) is 90.0 Å². The van der Waals surface area contributed by atoms with Gasteiger partial charge in [0.15, 0.2) is 24.4 Å². The lowest BCUT2D eigenvalue weighted by molar-refractivity contribution is -0.377. The molecule has 0 bridgehead atoms. The summed E-state index contributed by atoms with van der Waals surface area (Å²) in [5, 5.41) is 37.6. The van der Waals surface area contributed by atoms with E-state index in [4.69, 9.17) is 37.9 Å². The second-order valence-corrected chi connectivity index (χ2v) is 48.2. The van der Waals surface area contributed by atoms with Crippen LogP contribution in [-0.2, 0) is 61.9 Å². The minimum atomic E-state index is -1.92. The Labute approximate surface area is 914 Å². The molecule has 0 spiro atoms. The summed E-state index contributed by atoms with van der Waals surface area (Å²) in [5.74, 6) is -2.16. The van der Waals surface area contributed by atoms with E-state index in [9.17, 15) is 29.7 Å². The summed E-state index contributed by atoms with van der Waals surface area (Å²) in [6, 6.07) is 0. The summed E-state index contributed by atoms with van der Waals surface area (Å²) < 4.78 is 52.3. The van der Waals surface area contributed by atoms with Crippen LogP contribution < -0.4 is 0 Å². The van der Waals surface area contributed by atoms with Crippen molar-refractivity contribution in [1.29, 1.82) is 0 Å². The minimum absolute atomic E-state index is 0.00167. The van der Waals surface area contributed by atoms with Crippen molar-refractivity contribution in [3.8, 4) is 0 Å². The molecule has 0 saturated carbocycles. The monoisotopic (exact) mass is 2090 g/mol. The Morgan fingerprint density at radius 2 is 0.459 bits per heavy atom. The molecule has 0 aromatic heterocycles. The van der Waals surface area contributed by atoms with E-state index in [0.29, 0.717) is 41.2 Å². The molecule has 148 heavy (non-hydrogen) atoms. The van der Waals surface area contributed by atoms with Gasteiger partial charge < -0.3 is 53.2 Å². The molecule has 0 aliphatic carbocycles. The summed E-state index contributed by atoms with van der Waals surface area (Å²) >= 11 is 0. The molecule has 16 nitrogen and oxygen atoms in total. The number of hydrogen-bond acceptors (Lipinski definition) is 16. The van der Waals surface area contributed by atoms with Gasteiger partial charge in [-0.15, -0.1) is 0 Å². The molecule has 0 radical (unpaired) electrons. The average Bonchev–Trinajstić information content (AvgIpc) is 0.769. The van der Waals surface area contributed by atoms with Crippen LogP contribution in [0.15, 0.2) is 46.6 Å². The lowest BCUT2D eigenvalue weighted by atomic mass is 9.91. The Bertz CT molecular complexity index is 3230. The minimum Gasteiger partial charge on any atom is -0.459 e. The summed E-state index contributed by atoms with van der Waals surface area (Å²) in [5.41, 5.74) is 1.18. The van der Waals surface area contributed by atoms with Crippen molar-refractivity contribution in [1.82, 2.24) is 0 Å². The standard InChI is InChI=1S/C132H244O16/c1-18-23-28-33-38-43-48-53-58-60-64-69-74-79-82-87-92-107(7)97-111(11)101-115(15)128(138)145-123-118(104-133)142-131(125(122(123)136)147-130(140)117(17)103-113(13)99-109(9)94-89-84-78-73-68-63-57-52-47-42-37-32-27-22-5)148-132-126(144-120(134)95-90-85-80-75-70-65-59-54-49-44-39-34-29-24-19-2)124(146-129(139)116(16)102-112(12)98-108(8)93-88-83-77-72-67-62-56-51-46-41-36-31-26-21-4)121(135)119(143-132)105-141-127(137)114(14)100-110(10)96-106(6)91-86-81-76-71-66-61-55-50-45-40-35-30-25-20-3/h100-103,106-113,118-119,121-126,131-133,135-136H,18-99,104-105H2,1-17H3/b114-100+,115-101+,116-102+,117-103+/t106-,107-,108-,109-,110-,111-,112-,113-,118?,119?,121+,122?,123+,124?,125-,126+,131+,132+/m0/s1. The largest absolute Gasteiger partial charge is 0.459 e. The van der Waals surface area contributed by atoms with Gasteiger partial charge in [0.25, 0.3) is 0 Å². The molecule has 2 aliphatic rings. The first-order valence-electron chi connectivity index (χ1n) is 64.4. The molecule has 868 valence electrons. The van der Waals surface area contributed by atoms with Crippen LogP contribution in [0.25, 0.3) is 0 Å². The van der Waals surface area contributed by atoms with Crippen LogP contribution in [0, 0.1) is 47.3 Å². The van der Waals surface area contributed by atoms with Gasteiger partial charge in [-0.25, -0.2) is 19.2 Å². The number of esters is 5. The molecule has 18 atom stereocenters. The van der Waals surface area contributed by atoms with E-state index >= 15 is 9.59 Å². The van der Waals surface area contributed by atoms with Gasteiger partial charge in [-0.3, -0.25) is 4.79 Å². The van der Waals surface area contributed by atoms with Crippen LogP contribution >= 0.6 is 0 Å². The highest BCUT2D eigenvalue weighted by atomic mass is 16.8. The molecule has 0 aromatic rings. The van der Waals surface area contributed by atoms with Crippen molar-refractivity contribution >= 4 is 29.8 Å². The zero-order valence-electron chi connectivity index (χ0n) is 100. The van der Waals surface area contributed by atoms with Crippen molar-refractivity contribution in [2.45, 2.75) is 706 Å². The number of carbonyl (C=O) groups is 5. The molecular weight excluding hydrogens is 1840 g/mol. The smallest absolute Gasteiger partial charge is 0.333 e. The van der Waals surface area contributed by atoms with E-state index in [1.54, 1.807) is 27.7 Å². The Kier molecular flexibility index (Phi) is 91.3. The zero-order valence-corrected chi connectivity index (χ0v) is 100. The number of unbranched alkanes of at least 4 members (excludes halogenated alkanes) is 68. The lowest BCUT2D eigenvalue weighted by Gasteiger charge is -2.47. The van der Waals surface area contributed by atoms with Gasteiger partial charge >= 0.3 is 29.8 Å². The lowest BCUT2D eigenvalue weighted by Crippen LogP contribution is -2.66. The Morgan fingerprint density at radius 3 is 0.709 bits per heavy atom. The first-order chi connectivity index (χ1) is 71.7. The normalized spacial score (nSPS) is 20.2. The van der Waals surface area contributed by atoms with Crippen molar-refractivity contribution in [3.05, 3.63) is 46.6 Å². The fourth-order valence-corrected chi connectivity index (χ4v) is 23.1. The molecule has 3 N–H and O–H groups in total. The summed E-state index contributed by atoms with van der Waals surface area (Å²) in [7, 11) is 0. The van der Waals surface area contributed by atoms with Gasteiger partial charge in [0, 0.05) is 28.7 Å². The SMILES string of the molecule is CCCCCCCCCCCCCCCCCC[C@H](C)C[C@H](C)/C=C(\C)C(=O)O[C@@H]1C(CO)O[C@H](O[C@H]2OC(COC(=O)/C(C)=C/[C@@H](C)C[C@@H](C)CCCCCCCCCCCCCCCC)[C@@H](O)C(OC(=O)/C(C)=C/[C@@H](C)C[C@@H](C)CCCCCCCCCCCCCCCC)[C@H]2OC(=O)CCCCCCCCCCCCCCCCC)[C@@H](OC(=O)/C(C)=C/[C@@H](C)C[C@@H](C)CCCCCCCCCCCCCCCC)C1O. The Morgan fingerprint density at radius 1 is 0.250 bits per heavy atom. The molecule has 16 heteroatoms. The molecule has 2 fully saturated rings. The third-order valence-electron chi connectivity index (χ3n) is 32.3. The predicted molar refractivity (Wildman–Crippen MR) is 623 cm³/mol. The van der Waals surface area contributed by atoms with E-state index < -0.39 is 104 Å². The highest BCUT2D eigenvalue weighted by Crippen LogP contribution is 2.37. The van der Waals surface area contributed by atoms with Gasteiger partial charge in [0.05, 0.1) is 6.61 Å². The fraction of sp³-hybridized carbons (Fsp3) is 0.902. The fourth-order valence-electron chi connectivity index (χ4n) is 23.1. The molecule has 0 aromatic carbocycles. The van der Waals surface area contributed by atoms with Crippen molar-refractivity contribution in [2.24, 2.45) is 47.3 Å². The maximum atomic E-state index is 15.1. The van der Waals surface area contributed by atoms with Crippen LogP contribution in [0.3, 0.4) is 0 Å². The molecule has 2 rings (SSSR count). The van der Waals surface area contributed by atoms with Crippen LogP contribution in [0.2, 0.25) is 0 Å². The van der Waals surface area contributed by atoms with E-state index in [0.717, 1.165) is 103 Å². The number of allylic oxidation sites excluding steroid dienone is 4. The molecule has 2 heterocycles. The maximum Gasteiger partial charge on any atom is 0.333 e.